The molecule has 4 heterocycles. The number of benzene rings is 1. The Bertz CT molecular complexity index is 1600. The predicted molar refractivity (Wildman–Crippen MR) is 146 cm³/mol. The summed E-state index contributed by atoms with van der Waals surface area (Å²) in [5.41, 5.74) is 3.50. The Labute approximate surface area is 226 Å². The van der Waals surface area contributed by atoms with Crippen LogP contribution in [0.2, 0.25) is 0 Å². The third-order valence-electron chi connectivity index (χ3n) is 7.70. The number of piperazine rings is 1. The van der Waals surface area contributed by atoms with E-state index in [9.17, 15) is 18.8 Å². The Kier molecular flexibility index (Phi) is 7.40. The maximum atomic E-state index is 14.4. The molecule has 1 fully saturated rings. The minimum atomic E-state index is -0.429. The predicted octanol–water partition coefficient (Wildman–Crippen LogP) is 4.95. The molecule has 4 aromatic rings. The van der Waals surface area contributed by atoms with E-state index in [0.29, 0.717) is 35.5 Å². The van der Waals surface area contributed by atoms with Crippen molar-refractivity contribution in [2.75, 3.05) is 18.0 Å². The van der Waals surface area contributed by atoms with Crippen molar-refractivity contribution in [3.63, 3.8) is 0 Å². The molecule has 1 aliphatic rings. The molecule has 1 saturated heterocycles. The molecular formula is C30H30F2N6O. The van der Waals surface area contributed by atoms with Gasteiger partial charge in [-0.25, -0.2) is 13.8 Å². The molecule has 9 heteroatoms. The van der Waals surface area contributed by atoms with Gasteiger partial charge < -0.3 is 9.47 Å². The average Bonchev–Trinajstić information content (AvgIpc) is 2.95. The number of anilines is 1. The van der Waals surface area contributed by atoms with Crippen molar-refractivity contribution < 1.29 is 8.78 Å². The van der Waals surface area contributed by atoms with Crippen LogP contribution in [0.5, 0.6) is 0 Å². The van der Waals surface area contributed by atoms with E-state index in [1.165, 1.54) is 24.4 Å². The number of hydrogen-bond donors (Lipinski definition) is 0. The quantitative estimate of drug-likeness (QED) is 0.353. The Morgan fingerprint density at radius 2 is 1.82 bits per heavy atom. The number of halogens is 2. The first-order chi connectivity index (χ1) is 18.8. The first-order valence-corrected chi connectivity index (χ1v) is 13.1. The highest BCUT2D eigenvalue weighted by molar-refractivity contribution is 5.89. The van der Waals surface area contributed by atoms with E-state index >= 15 is 0 Å². The van der Waals surface area contributed by atoms with Gasteiger partial charge in [-0.3, -0.25) is 14.7 Å². The average molecular weight is 529 g/mol. The smallest absolute Gasteiger partial charge is 0.252 e. The lowest BCUT2D eigenvalue weighted by molar-refractivity contribution is 0.109. The number of fused-ring (bicyclic) bond motifs is 1. The van der Waals surface area contributed by atoms with E-state index in [0.717, 1.165) is 18.4 Å². The van der Waals surface area contributed by atoms with Crippen molar-refractivity contribution in [3.05, 3.63) is 99.7 Å². The molecule has 0 amide bonds. The monoisotopic (exact) mass is 528 g/mol. The second kappa shape index (κ2) is 10.9. The van der Waals surface area contributed by atoms with Gasteiger partial charge >= 0.3 is 0 Å². The summed E-state index contributed by atoms with van der Waals surface area (Å²) in [7, 11) is 1.70. The van der Waals surface area contributed by atoms with Gasteiger partial charge in [0.2, 0.25) is 0 Å². The molecule has 200 valence electrons. The van der Waals surface area contributed by atoms with Gasteiger partial charge in [-0.1, -0.05) is 26.0 Å². The van der Waals surface area contributed by atoms with Gasteiger partial charge in [-0.15, -0.1) is 0 Å². The van der Waals surface area contributed by atoms with Crippen LogP contribution in [0.1, 0.15) is 49.7 Å². The van der Waals surface area contributed by atoms with E-state index in [1.54, 1.807) is 41.9 Å². The zero-order valence-electron chi connectivity index (χ0n) is 22.2. The summed E-state index contributed by atoms with van der Waals surface area (Å²) in [4.78, 5) is 26.5. The Morgan fingerprint density at radius 3 is 2.49 bits per heavy atom. The van der Waals surface area contributed by atoms with Gasteiger partial charge in [0.25, 0.3) is 5.56 Å². The highest BCUT2D eigenvalue weighted by Gasteiger charge is 2.38. The van der Waals surface area contributed by atoms with Crippen LogP contribution in [0.4, 0.5) is 14.5 Å². The lowest BCUT2D eigenvalue weighted by Crippen LogP contribution is -2.59. The Hall–Kier alpha value is -4.16. The molecule has 0 N–H and O–H groups in total. The molecule has 3 atom stereocenters. The molecule has 5 rings (SSSR count). The van der Waals surface area contributed by atoms with Crippen LogP contribution in [-0.4, -0.2) is 44.6 Å². The van der Waals surface area contributed by atoms with E-state index in [4.69, 9.17) is 0 Å². The molecule has 0 spiro atoms. The summed E-state index contributed by atoms with van der Waals surface area (Å²) >= 11 is 0. The number of aryl methyl sites for hydroxylation is 1. The van der Waals surface area contributed by atoms with E-state index < -0.39 is 5.82 Å². The molecule has 39 heavy (non-hydrogen) atoms. The maximum Gasteiger partial charge on any atom is 0.252 e. The summed E-state index contributed by atoms with van der Waals surface area (Å²) in [6.07, 6.45) is 2.74. The van der Waals surface area contributed by atoms with Crippen molar-refractivity contribution in [3.8, 4) is 6.07 Å². The lowest BCUT2D eigenvalue weighted by atomic mass is 9.93. The molecule has 1 aliphatic heterocycles. The zero-order valence-corrected chi connectivity index (χ0v) is 22.2. The number of aromatic nitrogens is 3. The van der Waals surface area contributed by atoms with Crippen LogP contribution in [0.25, 0.3) is 11.0 Å². The fourth-order valence-electron chi connectivity index (χ4n) is 5.65. The van der Waals surface area contributed by atoms with Gasteiger partial charge in [-0.2, -0.15) is 5.26 Å². The molecule has 3 aromatic heterocycles. The van der Waals surface area contributed by atoms with Gasteiger partial charge in [0.1, 0.15) is 28.9 Å². The minimum Gasteiger partial charge on any atom is -0.364 e. The second-order valence-electron chi connectivity index (χ2n) is 9.93. The first kappa shape index (κ1) is 26.4. The molecule has 7 nitrogen and oxygen atoms in total. The van der Waals surface area contributed by atoms with Crippen LogP contribution < -0.4 is 10.5 Å². The molecule has 1 unspecified atom stereocenters. The first-order valence-electron chi connectivity index (χ1n) is 13.1. The van der Waals surface area contributed by atoms with Crippen molar-refractivity contribution in [2.45, 2.75) is 44.8 Å². The third kappa shape index (κ3) is 5.00. The normalized spacial score (nSPS) is 18.7. The van der Waals surface area contributed by atoms with Crippen LogP contribution >= 0.6 is 0 Å². The Morgan fingerprint density at radius 1 is 1.03 bits per heavy atom. The topological polar surface area (TPSA) is 78.0 Å². The molecular weight excluding hydrogens is 498 g/mol. The second-order valence-corrected chi connectivity index (χ2v) is 9.93. The summed E-state index contributed by atoms with van der Waals surface area (Å²) in [5.74, 6) is -0.772. The van der Waals surface area contributed by atoms with Gasteiger partial charge in [-0.05, 0) is 54.8 Å². The van der Waals surface area contributed by atoms with Crippen LogP contribution in [0.15, 0.2) is 65.6 Å². The fraction of sp³-hybridized carbons (Fsp3) is 0.333. The summed E-state index contributed by atoms with van der Waals surface area (Å²) in [6, 6.07) is 16.2. The SMILES string of the molecule is CC[C@H]1CN(C(c2cccc(F)c2)c2ccc(F)cn2)[C@H](CC)CN1c1cc(=O)n(C)c2ccc(C#N)nc12. The van der Waals surface area contributed by atoms with Crippen molar-refractivity contribution >= 4 is 16.7 Å². The largest absolute Gasteiger partial charge is 0.364 e. The van der Waals surface area contributed by atoms with E-state index in [1.807, 2.05) is 6.07 Å². The molecule has 0 radical (unpaired) electrons. The summed E-state index contributed by atoms with van der Waals surface area (Å²) < 4.78 is 29.7. The minimum absolute atomic E-state index is 0.00572. The fourth-order valence-corrected chi connectivity index (χ4v) is 5.65. The molecule has 1 aromatic carbocycles. The molecule has 0 saturated carbocycles. The van der Waals surface area contributed by atoms with E-state index in [2.05, 4.69) is 39.7 Å². The Balaban J connectivity index is 1.61. The molecule has 0 bridgehead atoms. The van der Waals surface area contributed by atoms with Gasteiger partial charge in [0.15, 0.2) is 0 Å². The number of rotatable bonds is 6. The zero-order chi connectivity index (χ0) is 27.7. The van der Waals surface area contributed by atoms with Gasteiger partial charge in [0.05, 0.1) is 29.1 Å². The highest BCUT2D eigenvalue weighted by Crippen LogP contribution is 2.37. The third-order valence-corrected chi connectivity index (χ3v) is 7.70. The van der Waals surface area contributed by atoms with Crippen LogP contribution in [0, 0.1) is 23.0 Å². The number of pyridine rings is 3. The number of nitrogens with zero attached hydrogens (tertiary/aromatic N) is 6. The molecule has 0 aliphatic carbocycles. The summed E-state index contributed by atoms with van der Waals surface area (Å²) in [5, 5.41) is 9.49. The van der Waals surface area contributed by atoms with E-state index in [-0.39, 0.29) is 35.2 Å². The maximum absolute atomic E-state index is 14.4. The van der Waals surface area contributed by atoms with Crippen LogP contribution in [-0.2, 0) is 7.05 Å². The number of hydrogen-bond acceptors (Lipinski definition) is 6. The van der Waals surface area contributed by atoms with Crippen molar-refractivity contribution in [1.29, 1.82) is 5.26 Å². The number of nitriles is 1. The lowest BCUT2D eigenvalue weighted by Gasteiger charge is -2.50. The van der Waals surface area contributed by atoms with Crippen molar-refractivity contribution in [1.82, 2.24) is 19.4 Å². The van der Waals surface area contributed by atoms with Crippen LogP contribution in [0.3, 0.4) is 0 Å². The highest BCUT2D eigenvalue weighted by atomic mass is 19.1. The summed E-state index contributed by atoms with van der Waals surface area (Å²) in [6.45, 7) is 5.37. The van der Waals surface area contributed by atoms with Crippen molar-refractivity contribution in [2.24, 2.45) is 7.05 Å². The standard InChI is InChI=1S/C30H30F2N6O/c1-4-23-18-38(30(19-7-6-8-20(31)13-19)25-11-9-21(32)16-34-25)24(5-2)17-37(23)27-14-28(39)36(3)26-12-10-22(15-33)35-29(26)27/h6-14,16,23-24,30H,4-5,17-18H2,1-3H3/t23-,24+,30?/m0/s1. The van der Waals surface area contributed by atoms with Gasteiger partial charge in [0, 0.05) is 38.3 Å².